The van der Waals surface area contributed by atoms with Gasteiger partial charge in [0.25, 0.3) is 0 Å². The molecule has 1 amide bonds. The van der Waals surface area contributed by atoms with Crippen molar-refractivity contribution in [2.75, 3.05) is 5.32 Å². The average molecular weight is 312 g/mol. The van der Waals surface area contributed by atoms with Crippen LogP contribution in [0.25, 0.3) is 0 Å². The lowest BCUT2D eigenvalue weighted by Gasteiger charge is -2.12. The highest BCUT2D eigenvalue weighted by Crippen LogP contribution is 2.25. The van der Waals surface area contributed by atoms with Gasteiger partial charge in [-0.2, -0.15) is 4.72 Å². The fourth-order valence-corrected chi connectivity index (χ4v) is 3.32. The van der Waals surface area contributed by atoms with Gasteiger partial charge in [0.05, 0.1) is 4.90 Å². The number of rotatable bonds is 4. The monoisotopic (exact) mass is 312 g/mol. The summed E-state index contributed by atoms with van der Waals surface area (Å²) in [7, 11) is -3.91. The number of amides is 1. The third kappa shape index (κ3) is 3.59. The molecule has 0 fully saturated rings. The molecular formula is C13H16N2O5S. The van der Waals surface area contributed by atoms with Crippen LogP contribution in [0, 0.1) is 0 Å². The van der Waals surface area contributed by atoms with Gasteiger partial charge in [-0.1, -0.05) is 0 Å². The molecule has 0 saturated heterocycles. The largest absolute Gasteiger partial charge is 0.480 e. The Morgan fingerprint density at radius 3 is 2.76 bits per heavy atom. The highest BCUT2D eigenvalue weighted by Gasteiger charge is 2.23. The van der Waals surface area contributed by atoms with Crippen LogP contribution in [0.4, 0.5) is 5.69 Å². The van der Waals surface area contributed by atoms with Crippen molar-refractivity contribution in [3.8, 4) is 0 Å². The number of benzene rings is 1. The minimum atomic E-state index is -3.91. The predicted octanol–water partition coefficient (Wildman–Crippen LogP) is 0.713. The van der Waals surface area contributed by atoms with E-state index in [0.29, 0.717) is 24.9 Å². The van der Waals surface area contributed by atoms with Crippen molar-refractivity contribution in [2.45, 2.75) is 37.1 Å². The second-order valence-electron chi connectivity index (χ2n) is 4.90. The summed E-state index contributed by atoms with van der Waals surface area (Å²) in [5.74, 6) is -1.34. The summed E-state index contributed by atoms with van der Waals surface area (Å²) in [6.45, 7) is 1.25. The van der Waals surface area contributed by atoms with Crippen LogP contribution >= 0.6 is 0 Å². The lowest BCUT2D eigenvalue weighted by Crippen LogP contribution is -2.38. The minimum Gasteiger partial charge on any atom is -0.480 e. The molecule has 1 aliphatic rings. The summed E-state index contributed by atoms with van der Waals surface area (Å²) in [4.78, 5) is 22.2. The molecule has 2 rings (SSSR count). The second-order valence-corrected chi connectivity index (χ2v) is 6.62. The Labute approximate surface area is 122 Å². The lowest BCUT2D eigenvalue weighted by atomic mass is 10.1. The van der Waals surface area contributed by atoms with Crippen molar-refractivity contribution < 1.29 is 23.1 Å². The van der Waals surface area contributed by atoms with Gasteiger partial charge in [-0.05, 0) is 43.5 Å². The fraction of sp³-hybridized carbons (Fsp3) is 0.385. The topological polar surface area (TPSA) is 113 Å². The molecule has 0 aromatic heterocycles. The molecule has 7 nitrogen and oxygen atoms in total. The zero-order valence-corrected chi connectivity index (χ0v) is 12.2. The number of carboxylic acids is 1. The number of sulfonamides is 1. The van der Waals surface area contributed by atoms with E-state index in [1.165, 1.54) is 25.1 Å². The summed E-state index contributed by atoms with van der Waals surface area (Å²) in [5, 5.41) is 11.5. The number of carboxylic acid groups (broad SMARTS) is 1. The van der Waals surface area contributed by atoms with Crippen LogP contribution in [0.3, 0.4) is 0 Å². The van der Waals surface area contributed by atoms with Gasteiger partial charge in [0, 0.05) is 12.1 Å². The molecule has 0 saturated carbocycles. The molecule has 0 unspecified atom stereocenters. The molecule has 3 N–H and O–H groups in total. The summed E-state index contributed by atoms with van der Waals surface area (Å²) in [6.07, 6.45) is 1.62. The van der Waals surface area contributed by atoms with Gasteiger partial charge in [-0.25, -0.2) is 8.42 Å². The van der Waals surface area contributed by atoms with Gasteiger partial charge in [-0.15, -0.1) is 0 Å². The molecule has 0 radical (unpaired) electrons. The van der Waals surface area contributed by atoms with Crippen molar-refractivity contribution in [2.24, 2.45) is 0 Å². The van der Waals surface area contributed by atoms with Gasteiger partial charge >= 0.3 is 5.97 Å². The van der Waals surface area contributed by atoms with Gasteiger partial charge in [-0.3, -0.25) is 9.59 Å². The number of aryl methyl sites for hydroxylation is 1. The first-order valence-electron chi connectivity index (χ1n) is 6.47. The molecule has 1 aromatic carbocycles. The second kappa shape index (κ2) is 5.82. The number of carbonyl (C=O) groups is 2. The van der Waals surface area contributed by atoms with Crippen molar-refractivity contribution >= 4 is 27.6 Å². The van der Waals surface area contributed by atoms with E-state index in [4.69, 9.17) is 5.11 Å². The zero-order chi connectivity index (χ0) is 15.6. The van der Waals surface area contributed by atoms with E-state index in [9.17, 15) is 18.0 Å². The van der Waals surface area contributed by atoms with E-state index in [0.717, 1.165) is 5.56 Å². The molecule has 1 aliphatic heterocycles. The molecule has 21 heavy (non-hydrogen) atoms. The van der Waals surface area contributed by atoms with Crippen molar-refractivity contribution in [1.29, 1.82) is 0 Å². The van der Waals surface area contributed by atoms with E-state index in [2.05, 4.69) is 10.0 Å². The molecular weight excluding hydrogens is 296 g/mol. The molecule has 8 heteroatoms. The Morgan fingerprint density at radius 2 is 2.10 bits per heavy atom. The van der Waals surface area contributed by atoms with E-state index in [-0.39, 0.29) is 10.8 Å². The first-order valence-corrected chi connectivity index (χ1v) is 7.96. The van der Waals surface area contributed by atoms with Crippen molar-refractivity contribution in [1.82, 2.24) is 4.72 Å². The maximum atomic E-state index is 12.1. The number of aliphatic carboxylic acids is 1. The van der Waals surface area contributed by atoms with Gasteiger partial charge in [0.15, 0.2) is 0 Å². The first-order chi connectivity index (χ1) is 9.79. The summed E-state index contributed by atoms with van der Waals surface area (Å²) < 4.78 is 26.3. The standard InChI is InChI=1S/C13H16N2O5S/c1-8(13(17)18)15-21(19,20)10-5-6-11-9(7-10)3-2-4-12(16)14-11/h5-8,15H,2-4H2,1H3,(H,14,16)(H,17,18)/t8-/m0/s1. The van der Waals surface area contributed by atoms with E-state index in [1.54, 1.807) is 0 Å². The highest BCUT2D eigenvalue weighted by atomic mass is 32.2. The molecule has 0 bridgehead atoms. The Bertz CT molecular complexity index is 684. The number of hydrogen-bond acceptors (Lipinski definition) is 4. The van der Waals surface area contributed by atoms with Crippen LogP contribution in [0.5, 0.6) is 0 Å². The molecule has 0 aliphatic carbocycles. The predicted molar refractivity (Wildman–Crippen MR) is 75.4 cm³/mol. The van der Waals surface area contributed by atoms with E-state index < -0.39 is 22.0 Å². The fourth-order valence-electron chi connectivity index (χ4n) is 2.07. The minimum absolute atomic E-state index is 0.00880. The van der Waals surface area contributed by atoms with Gasteiger partial charge in [0.1, 0.15) is 6.04 Å². The third-order valence-corrected chi connectivity index (χ3v) is 4.75. The Kier molecular flexibility index (Phi) is 4.29. The third-order valence-electron chi connectivity index (χ3n) is 3.21. The Hall–Kier alpha value is -1.93. The average Bonchev–Trinajstić information content (AvgIpc) is 2.57. The molecule has 1 heterocycles. The van der Waals surface area contributed by atoms with Crippen LogP contribution in [0.15, 0.2) is 23.1 Å². The molecule has 0 spiro atoms. The van der Waals surface area contributed by atoms with E-state index in [1.807, 2.05) is 0 Å². The molecule has 1 atom stereocenters. The number of anilines is 1. The maximum Gasteiger partial charge on any atom is 0.321 e. The van der Waals surface area contributed by atoms with Crippen molar-refractivity contribution in [3.05, 3.63) is 23.8 Å². The van der Waals surface area contributed by atoms with Crippen LogP contribution < -0.4 is 10.0 Å². The van der Waals surface area contributed by atoms with Crippen molar-refractivity contribution in [3.63, 3.8) is 0 Å². The van der Waals surface area contributed by atoms with Gasteiger partial charge in [0.2, 0.25) is 15.9 Å². The molecule has 114 valence electrons. The number of nitrogens with one attached hydrogen (secondary N) is 2. The molecule has 1 aromatic rings. The maximum absolute atomic E-state index is 12.1. The Balaban J connectivity index is 2.31. The quantitative estimate of drug-likeness (QED) is 0.758. The summed E-state index contributed by atoms with van der Waals surface area (Å²) >= 11 is 0. The first kappa shape index (κ1) is 15.5. The zero-order valence-electron chi connectivity index (χ0n) is 11.4. The SMILES string of the molecule is C[C@H](NS(=O)(=O)c1ccc2c(c1)CCCC(=O)N2)C(=O)O. The highest BCUT2D eigenvalue weighted by molar-refractivity contribution is 7.89. The Morgan fingerprint density at radius 1 is 1.38 bits per heavy atom. The number of hydrogen-bond donors (Lipinski definition) is 3. The summed E-state index contributed by atoms with van der Waals surface area (Å²) in [6, 6.07) is 3.13. The number of carbonyl (C=O) groups excluding carboxylic acids is 1. The summed E-state index contributed by atoms with van der Waals surface area (Å²) in [5.41, 5.74) is 1.33. The van der Waals surface area contributed by atoms with Crippen LogP contribution in [0.1, 0.15) is 25.3 Å². The number of fused-ring (bicyclic) bond motifs is 1. The smallest absolute Gasteiger partial charge is 0.321 e. The lowest BCUT2D eigenvalue weighted by molar-refractivity contribution is -0.138. The normalized spacial score (nSPS) is 16.5. The van der Waals surface area contributed by atoms with E-state index >= 15 is 0 Å². The van der Waals surface area contributed by atoms with Crippen LogP contribution in [0.2, 0.25) is 0 Å². The van der Waals surface area contributed by atoms with Crippen LogP contribution in [-0.4, -0.2) is 31.4 Å². The van der Waals surface area contributed by atoms with Gasteiger partial charge < -0.3 is 10.4 Å². The van der Waals surface area contributed by atoms with Crippen LogP contribution in [-0.2, 0) is 26.0 Å².